The zero-order valence-corrected chi connectivity index (χ0v) is 15.9. The van der Waals surface area contributed by atoms with Crippen LogP contribution in [0.3, 0.4) is 0 Å². The number of aryl methyl sites for hydroxylation is 1. The molecule has 1 aliphatic heterocycles. The molecule has 1 fully saturated rings. The van der Waals surface area contributed by atoms with Crippen LogP contribution in [0.1, 0.15) is 24.8 Å². The Morgan fingerprint density at radius 3 is 2.92 bits per heavy atom. The lowest BCUT2D eigenvalue weighted by Gasteiger charge is -2.21. The van der Waals surface area contributed by atoms with E-state index >= 15 is 0 Å². The van der Waals surface area contributed by atoms with Crippen molar-refractivity contribution in [2.24, 2.45) is 12.0 Å². The number of aromatic nitrogens is 2. The summed E-state index contributed by atoms with van der Waals surface area (Å²) in [7, 11) is 1.98. The number of benzene rings is 1. The fourth-order valence-electron chi connectivity index (χ4n) is 3.13. The molecule has 25 heavy (non-hydrogen) atoms. The Balaban J connectivity index is 1.53. The molecule has 0 amide bonds. The van der Waals surface area contributed by atoms with Crippen LogP contribution in [0.15, 0.2) is 52.6 Å². The molecular formula is C19H27N5S. The molecule has 1 N–H and O–H groups in total. The second-order valence-corrected chi connectivity index (χ2v) is 7.44. The first-order chi connectivity index (χ1) is 12.3. The first-order valence-corrected chi connectivity index (χ1v) is 9.94. The van der Waals surface area contributed by atoms with Crippen LogP contribution in [-0.4, -0.2) is 52.6 Å². The summed E-state index contributed by atoms with van der Waals surface area (Å²) in [6.45, 7) is 5.93. The van der Waals surface area contributed by atoms with Crippen molar-refractivity contribution in [2.75, 3.05) is 31.9 Å². The van der Waals surface area contributed by atoms with Gasteiger partial charge in [-0.3, -0.25) is 9.67 Å². The number of nitrogens with one attached hydrogen (secondary N) is 1. The lowest BCUT2D eigenvalue weighted by atomic mass is 10.0. The van der Waals surface area contributed by atoms with Gasteiger partial charge in [0.25, 0.3) is 0 Å². The first-order valence-electron chi connectivity index (χ1n) is 8.96. The normalized spacial score (nSPS) is 17.9. The molecule has 5 nitrogen and oxygen atoms in total. The van der Waals surface area contributed by atoms with Crippen molar-refractivity contribution in [3.63, 3.8) is 0 Å². The summed E-state index contributed by atoms with van der Waals surface area (Å²) in [5.74, 6) is 2.59. The van der Waals surface area contributed by atoms with E-state index in [4.69, 9.17) is 4.99 Å². The molecule has 1 aliphatic rings. The minimum absolute atomic E-state index is 0.552. The smallest absolute Gasteiger partial charge is 0.193 e. The highest BCUT2D eigenvalue weighted by Gasteiger charge is 2.26. The van der Waals surface area contributed by atoms with E-state index in [0.29, 0.717) is 5.92 Å². The lowest BCUT2D eigenvalue weighted by Crippen LogP contribution is -2.40. The van der Waals surface area contributed by atoms with Crippen molar-refractivity contribution in [2.45, 2.75) is 24.2 Å². The Morgan fingerprint density at radius 2 is 2.20 bits per heavy atom. The van der Waals surface area contributed by atoms with Gasteiger partial charge < -0.3 is 10.2 Å². The monoisotopic (exact) mass is 357 g/mol. The highest BCUT2D eigenvalue weighted by molar-refractivity contribution is 7.99. The van der Waals surface area contributed by atoms with E-state index in [-0.39, 0.29) is 0 Å². The number of likely N-dealkylation sites (tertiary alicyclic amines) is 1. The van der Waals surface area contributed by atoms with Gasteiger partial charge in [0.15, 0.2) is 5.96 Å². The summed E-state index contributed by atoms with van der Waals surface area (Å²) in [5, 5.41) is 7.75. The Bertz CT molecular complexity index is 682. The largest absolute Gasteiger partial charge is 0.357 e. The summed E-state index contributed by atoms with van der Waals surface area (Å²) in [5.41, 5.74) is 1.33. The van der Waals surface area contributed by atoms with Gasteiger partial charge in [0.2, 0.25) is 0 Å². The molecule has 0 bridgehead atoms. The van der Waals surface area contributed by atoms with Crippen LogP contribution < -0.4 is 5.32 Å². The van der Waals surface area contributed by atoms with Crippen LogP contribution >= 0.6 is 11.8 Å². The molecule has 1 unspecified atom stereocenters. The van der Waals surface area contributed by atoms with E-state index < -0.39 is 0 Å². The molecule has 0 saturated carbocycles. The van der Waals surface area contributed by atoms with Crippen molar-refractivity contribution in [1.29, 1.82) is 0 Å². The van der Waals surface area contributed by atoms with Crippen molar-refractivity contribution in [1.82, 2.24) is 20.0 Å². The molecule has 2 heterocycles. The minimum Gasteiger partial charge on any atom is -0.357 e. The van der Waals surface area contributed by atoms with Crippen LogP contribution in [0.5, 0.6) is 0 Å². The number of hydrogen-bond donors (Lipinski definition) is 1. The predicted octanol–water partition coefficient (Wildman–Crippen LogP) is 2.97. The maximum Gasteiger partial charge on any atom is 0.193 e. The molecule has 0 spiro atoms. The molecule has 1 saturated heterocycles. The van der Waals surface area contributed by atoms with Gasteiger partial charge in [-0.2, -0.15) is 5.10 Å². The van der Waals surface area contributed by atoms with Gasteiger partial charge in [-0.05, 0) is 31.0 Å². The molecule has 1 aromatic heterocycles. The number of guanidine groups is 1. The fraction of sp³-hybridized carbons (Fsp3) is 0.474. The van der Waals surface area contributed by atoms with Crippen LogP contribution in [0.4, 0.5) is 0 Å². The van der Waals surface area contributed by atoms with Gasteiger partial charge in [-0.25, -0.2) is 0 Å². The average molecular weight is 358 g/mol. The molecule has 3 rings (SSSR count). The van der Waals surface area contributed by atoms with E-state index in [1.807, 2.05) is 29.7 Å². The number of aliphatic imine (C=N–C) groups is 1. The number of nitrogens with zero attached hydrogens (tertiary/aromatic N) is 4. The van der Waals surface area contributed by atoms with Crippen molar-refractivity contribution in [3.8, 4) is 0 Å². The number of rotatable bonds is 6. The zero-order valence-electron chi connectivity index (χ0n) is 15.1. The summed E-state index contributed by atoms with van der Waals surface area (Å²) in [6.07, 6.45) is 5.29. The lowest BCUT2D eigenvalue weighted by molar-refractivity contribution is 0.487. The Labute approximate surface area is 154 Å². The van der Waals surface area contributed by atoms with Gasteiger partial charge in [-0.15, -0.1) is 11.8 Å². The van der Waals surface area contributed by atoms with Gasteiger partial charge in [0, 0.05) is 49.4 Å². The number of thioether (sulfide) groups is 1. The van der Waals surface area contributed by atoms with Gasteiger partial charge in [0.1, 0.15) is 0 Å². The Kier molecular flexibility index (Phi) is 6.39. The average Bonchev–Trinajstić information content (AvgIpc) is 3.27. The second kappa shape index (κ2) is 8.94. The van der Waals surface area contributed by atoms with Crippen molar-refractivity contribution < 1.29 is 0 Å². The second-order valence-electron chi connectivity index (χ2n) is 6.28. The third kappa shape index (κ3) is 5.01. The summed E-state index contributed by atoms with van der Waals surface area (Å²) in [6, 6.07) is 10.5. The zero-order chi connectivity index (χ0) is 17.5. The molecule has 134 valence electrons. The summed E-state index contributed by atoms with van der Waals surface area (Å²) in [4.78, 5) is 8.52. The third-order valence-corrected chi connectivity index (χ3v) is 5.38. The number of hydrogen-bond acceptors (Lipinski definition) is 3. The quantitative estimate of drug-likeness (QED) is 0.374. The summed E-state index contributed by atoms with van der Waals surface area (Å²) >= 11 is 1.86. The molecule has 6 heteroatoms. The van der Waals surface area contributed by atoms with Crippen molar-refractivity contribution in [3.05, 3.63) is 48.3 Å². The fourth-order valence-corrected chi connectivity index (χ4v) is 3.90. The van der Waals surface area contributed by atoms with Gasteiger partial charge >= 0.3 is 0 Å². The first kappa shape index (κ1) is 17.9. The topological polar surface area (TPSA) is 45.5 Å². The Hall–Kier alpha value is -1.95. The molecule has 2 aromatic rings. The highest BCUT2D eigenvalue weighted by Crippen LogP contribution is 2.26. The molecular weight excluding hydrogens is 330 g/mol. The van der Waals surface area contributed by atoms with Gasteiger partial charge in [0.05, 0.1) is 12.7 Å². The standard InChI is InChI=1S/C19H27N5S/c1-3-20-19(21-10-12-25-18-7-5-4-6-8-18)24-11-9-16(15-24)17-13-22-23(2)14-17/h4-8,13-14,16H,3,9-12,15H2,1-2H3,(H,20,21). The molecule has 0 aliphatic carbocycles. The van der Waals surface area contributed by atoms with E-state index in [2.05, 4.69) is 58.8 Å². The minimum atomic E-state index is 0.552. The molecule has 0 radical (unpaired) electrons. The SMILES string of the molecule is CCNC(=NCCSc1ccccc1)N1CCC(c2cnn(C)c2)C1. The Morgan fingerprint density at radius 1 is 1.36 bits per heavy atom. The van der Waals surface area contributed by atoms with Crippen LogP contribution in [0.25, 0.3) is 0 Å². The van der Waals surface area contributed by atoms with Crippen LogP contribution in [0, 0.1) is 0 Å². The van der Waals surface area contributed by atoms with E-state index in [0.717, 1.165) is 44.3 Å². The van der Waals surface area contributed by atoms with Crippen molar-refractivity contribution >= 4 is 17.7 Å². The van der Waals surface area contributed by atoms with E-state index in [1.165, 1.54) is 10.5 Å². The van der Waals surface area contributed by atoms with E-state index in [1.54, 1.807) is 0 Å². The molecule has 1 aromatic carbocycles. The van der Waals surface area contributed by atoms with Gasteiger partial charge in [-0.1, -0.05) is 18.2 Å². The predicted molar refractivity (Wildman–Crippen MR) is 105 cm³/mol. The van der Waals surface area contributed by atoms with Crippen LogP contribution in [-0.2, 0) is 7.05 Å². The third-order valence-electron chi connectivity index (χ3n) is 4.38. The maximum atomic E-state index is 4.83. The highest BCUT2D eigenvalue weighted by atomic mass is 32.2. The van der Waals surface area contributed by atoms with Crippen LogP contribution in [0.2, 0.25) is 0 Å². The maximum absolute atomic E-state index is 4.83. The van der Waals surface area contributed by atoms with E-state index in [9.17, 15) is 0 Å². The summed E-state index contributed by atoms with van der Waals surface area (Å²) < 4.78 is 1.89. The molecule has 1 atom stereocenters.